The molecule has 0 spiro atoms. The van der Waals surface area contributed by atoms with E-state index in [-0.39, 0.29) is 24.2 Å². The maximum Gasteiger partial charge on any atom is 0.247 e. The third-order valence-corrected chi connectivity index (χ3v) is 3.95. The van der Waals surface area contributed by atoms with Crippen LogP contribution in [0.1, 0.15) is 24.1 Å². The summed E-state index contributed by atoms with van der Waals surface area (Å²) in [7, 11) is 1.55. The Kier molecular flexibility index (Phi) is 7.29. The highest BCUT2D eigenvalue weighted by molar-refractivity contribution is 5.88. The Morgan fingerprint density at radius 1 is 1.12 bits per heavy atom. The molecule has 0 aliphatic carbocycles. The van der Waals surface area contributed by atoms with E-state index in [1.54, 1.807) is 31.4 Å². The molecule has 2 aromatic rings. The van der Waals surface area contributed by atoms with Crippen molar-refractivity contribution in [2.24, 2.45) is 0 Å². The summed E-state index contributed by atoms with van der Waals surface area (Å²) < 4.78 is 18.1. The van der Waals surface area contributed by atoms with Crippen molar-refractivity contribution in [3.8, 4) is 0 Å². The molecule has 1 unspecified atom stereocenters. The van der Waals surface area contributed by atoms with Crippen molar-refractivity contribution >= 4 is 11.8 Å². The minimum absolute atomic E-state index is 0.201. The highest BCUT2D eigenvalue weighted by Gasteiger charge is 2.29. The van der Waals surface area contributed by atoms with E-state index < -0.39 is 6.04 Å². The fourth-order valence-electron chi connectivity index (χ4n) is 2.65. The van der Waals surface area contributed by atoms with Crippen LogP contribution < -0.4 is 5.32 Å². The average Bonchev–Trinajstić information content (AvgIpc) is 2.64. The number of nitrogens with one attached hydrogen (secondary N) is 1. The maximum absolute atomic E-state index is 13.2. The number of nitrogens with zero attached hydrogens (tertiary/aromatic N) is 1. The summed E-state index contributed by atoms with van der Waals surface area (Å²) >= 11 is 0. The number of hydrogen-bond acceptors (Lipinski definition) is 3. The number of amides is 2. The van der Waals surface area contributed by atoms with Crippen molar-refractivity contribution in [2.45, 2.75) is 19.5 Å². The molecule has 26 heavy (non-hydrogen) atoms. The molecule has 0 aliphatic rings. The molecule has 2 rings (SSSR count). The molecule has 0 fully saturated rings. The van der Waals surface area contributed by atoms with Crippen LogP contribution in [-0.4, -0.2) is 37.0 Å². The minimum atomic E-state index is -0.782. The summed E-state index contributed by atoms with van der Waals surface area (Å²) in [6, 6.07) is 14.2. The van der Waals surface area contributed by atoms with Gasteiger partial charge in [-0.3, -0.25) is 9.59 Å². The zero-order chi connectivity index (χ0) is 18.9. The normalized spacial score (nSPS) is 11.7. The Balaban J connectivity index is 2.30. The van der Waals surface area contributed by atoms with Crippen molar-refractivity contribution in [3.63, 3.8) is 0 Å². The summed E-state index contributed by atoms with van der Waals surface area (Å²) in [4.78, 5) is 26.6. The number of hydrogen-bond donors (Lipinski definition) is 1. The predicted molar refractivity (Wildman–Crippen MR) is 96.7 cm³/mol. The first-order valence-electron chi connectivity index (χ1n) is 8.36. The molecule has 138 valence electrons. The van der Waals surface area contributed by atoms with Crippen LogP contribution in [-0.2, 0) is 20.9 Å². The molecule has 6 heteroatoms. The van der Waals surface area contributed by atoms with Gasteiger partial charge in [0.05, 0.1) is 6.61 Å². The Labute approximate surface area is 152 Å². The van der Waals surface area contributed by atoms with Crippen LogP contribution in [0.3, 0.4) is 0 Å². The lowest BCUT2D eigenvalue weighted by Gasteiger charge is -2.30. The van der Waals surface area contributed by atoms with E-state index >= 15 is 0 Å². The van der Waals surface area contributed by atoms with Crippen LogP contribution >= 0.6 is 0 Å². The maximum atomic E-state index is 13.2. The zero-order valence-electron chi connectivity index (χ0n) is 14.9. The quantitative estimate of drug-likeness (QED) is 0.738. The summed E-state index contributed by atoms with van der Waals surface area (Å²) in [5.41, 5.74) is 1.45. The van der Waals surface area contributed by atoms with Gasteiger partial charge in [-0.1, -0.05) is 42.5 Å². The monoisotopic (exact) mass is 358 g/mol. The predicted octanol–water partition coefficient (Wildman–Crippen LogP) is 2.68. The molecule has 2 aromatic carbocycles. The van der Waals surface area contributed by atoms with Gasteiger partial charge in [-0.05, 0) is 23.3 Å². The van der Waals surface area contributed by atoms with Gasteiger partial charge in [0.25, 0.3) is 0 Å². The number of benzene rings is 2. The smallest absolute Gasteiger partial charge is 0.247 e. The van der Waals surface area contributed by atoms with Gasteiger partial charge in [0.1, 0.15) is 11.9 Å². The number of ether oxygens (including phenoxy) is 1. The summed E-state index contributed by atoms with van der Waals surface area (Å²) in [5, 5.41) is 2.79. The third-order valence-electron chi connectivity index (χ3n) is 3.95. The summed E-state index contributed by atoms with van der Waals surface area (Å²) in [5.74, 6) is -0.879. The van der Waals surface area contributed by atoms with E-state index in [0.717, 1.165) is 5.56 Å². The molecule has 0 aliphatic heterocycles. The van der Waals surface area contributed by atoms with Crippen LogP contribution in [0, 0.1) is 5.82 Å². The Bertz CT molecular complexity index is 720. The molecule has 1 atom stereocenters. The van der Waals surface area contributed by atoms with Gasteiger partial charge < -0.3 is 15.0 Å². The largest absolute Gasteiger partial charge is 0.383 e. The van der Waals surface area contributed by atoms with Gasteiger partial charge in [0.15, 0.2) is 0 Å². The van der Waals surface area contributed by atoms with Gasteiger partial charge in [0.2, 0.25) is 11.8 Å². The molecular weight excluding hydrogens is 335 g/mol. The van der Waals surface area contributed by atoms with Crippen molar-refractivity contribution < 1.29 is 18.7 Å². The van der Waals surface area contributed by atoms with Gasteiger partial charge in [-0.15, -0.1) is 0 Å². The average molecular weight is 358 g/mol. The first-order chi connectivity index (χ1) is 12.5. The van der Waals surface area contributed by atoms with Gasteiger partial charge in [-0.25, -0.2) is 4.39 Å². The molecule has 0 saturated carbocycles. The van der Waals surface area contributed by atoms with E-state index in [4.69, 9.17) is 4.74 Å². The minimum Gasteiger partial charge on any atom is -0.383 e. The second-order valence-electron chi connectivity index (χ2n) is 5.87. The number of halogens is 1. The van der Waals surface area contributed by atoms with Crippen LogP contribution in [0.25, 0.3) is 0 Å². The summed E-state index contributed by atoms with van der Waals surface area (Å²) in [6.07, 6.45) is 0. The Hall–Kier alpha value is -2.73. The first kappa shape index (κ1) is 19.6. The number of rotatable bonds is 8. The van der Waals surface area contributed by atoms with E-state index in [0.29, 0.717) is 18.7 Å². The van der Waals surface area contributed by atoms with E-state index in [1.807, 2.05) is 18.2 Å². The Morgan fingerprint density at radius 2 is 1.77 bits per heavy atom. The molecular formula is C20H23FN2O3. The standard InChI is InChI=1S/C20H23FN2O3/c1-15(24)23(14-16-8-10-18(21)11-9-16)19(17-6-4-3-5-7-17)20(25)22-12-13-26-2/h3-11,19H,12-14H2,1-2H3,(H,22,25). The van der Waals surface area contributed by atoms with Crippen LogP contribution in [0.15, 0.2) is 54.6 Å². The molecule has 0 heterocycles. The third kappa shape index (κ3) is 5.39. The molecule has 5 nitrogen and oxygen atoms in total. The number of methoxy groups -OCH3 is 1. The van der Waals surface area contributed by atoms with E-state index in [9.17, 15) is 14.0 Å². The second-order valence-corrected chi connectivity index (χ2v) is 5.87. The highest BCUT2D eigenvalue weighted by atomic mass is 19.1. The molecule has 1 N–H and O–H groups in total. The van der Waals surface area contributed by atoms with Crippen molar-refractivity contribution in [1.82, 2.24) is 10.2 Å². The molecule has 0 saturated heterocycles. The lowest BCUT2D eigenvalue weighted by Crippen LogP contribution is -2.43. The van der Waals surface area contributed by atoms with Crippen molar-refractivity contribution in [3.05, 3.63) is 71.5 Å². The fraction of sp³-hybridized carbons (Fsp3) is 0.300. The van der Waals surface area contributed by atoms with Crippen LogP contribution in [0.2, 0.25) is 0 Å². The number of carbonyl (C=O) groups excluding carboxylic acids is 2. The fourth-order valence-corrected chi connectivity index (χ4v) is 2.65. The SMILES string of the molecule is COCCNC(=O)C(c1ccccc1)N(Cc1ccc(F)cc1)C(C)=O. The van der Waals surface area contributed by atoms with Crippen LogP contribution in [0.4, 0.5) is 4.39 Å². The molecule has 0 aromatic heterocycles. The van der Waals surface area contributed by atoms with Gasteiger partial charge in [-0.2, -0.15) is 0 Å². The van der Waals surface area contributed by atoms with Crippen LogP contribution in [0.5, 0.6) is 0 Å². The lowest BCUT2D eigenvalue weighted by atomic mass is 10.0. The van der Waals surface area contributed by atoms with E-state index in [1.165, 1.54) is 24.0 Å². The molecule has 0 bridgehead atoms. The van der Waals surface area contributed by atoms with Gasteiger partial charge >= 0.3 is 0 Å². The molecule has 2 amide bonds. The lowest BCUT2D eigenvalue weighted by molar-refractivity contribution is -0.140. The van der Waals surface area contributed by atoms with Gasteiger partial charge in [0, 0.05) is 27.1 Å². The van der Waals surface area contributed by atoms with E-state index in [2.05, 4.69) is 5.32 Å². The molecule has 0 radical (unpaired) electrons. The number of carbonyl (C=O) groups is 2. The highest BCUT2D eigenvalue weighted by Crippen LogP contribution is 2.23. The van der Waals surface area contributed by atoms with Crippen molar-refractivity contribution in [1.29, 1.82) is 0 Å². The van der Waals surface area contributed by atoms with Crippen molar-refractivity contribution in [2.75, 3.05) is 20.3 Å². The topological polar surface area (TPSA) is 58.6 Å². The summed E-state index contributed by atoms with van der Waals surface area (Å²) in [6.45, 7) is 2.35. The Morgan fingerprint density at radius 3 is 2.35 bits per heavy atom. The second kappa shape index (κ2) is 9.68. The first-order valence-corrected chi connectivity index (χ1v) is 8.36. The zero-order valence-corrected chi connectivity index (χ0v) is 14.9.